The molecule has 0 aliphatic heterocycles. The lowest BCUT2D eigenvalue weighted by atomic mass is 10.2. The fraction of sp³-hybridized carbons (Fsp3) is 0.312. The predicted octanol–water partition coefficient (Wildman–Crippen LogP) is 2.85. The van der Waals surface area contributed by atoms with E-state index in [1.807, 2.05) is 19.9 Å². The van der Waals surface area contributed by atoms with Crippen molar-refractivity contribution in [2.24, 2.45) is 0 Å². The van der Waals surface area contributed by atoms with E-state index in [1.165, 1.54) is 12.1 Å². The first kappa shape index (κ1) is 17.9. The lowest BCUT2D eigenvalue weighted by Gasteiger charge is -2.10. The smallest absolute Gasteiger partial charge is 0.252 e. The SMILES string of the molecule is CCNc1cc(C)nc(NCCNC(=O)c2ccc(F)cc2Cl)n1. The Kier molecular flexibility index (Phi) is 6.31. The van der Waals surface area contributed by atoms with Crippen LogP contribution in [0.1, 0.15) is 23.0 Å². The third kappa shape index (κ3) is 5.06. The number of aryl methyl sites for hydroxylation is 1. The maximum Gasteiger partial charge on any atom is 0.252 e. The van der Waals surface area contributed by atoms with Gasteiger partial charge in [-0.3, -0.25) is 4.79 Å². The van der Waals surface area contributed by atoms with Gasteiger partial charge in [0.1, 0.15) is 11.6 Å². The van der Waals surface area contributed by atoms with Crippen LogP contribution in [0, 0.1) is 12.7 Å². The molecule has 8 heteroatoms. The summed E-state index contributed by atoms with van der Waals surface area (Å²) in [6.45, 7) is 5.43. The van der Waals surface area contributed by atoms with Gasteiger partial charge in [-0.2, -0.15) is 4.98 Å². The van der Waals surface area contributed by atoms with Crippen molar-refractivity contribution < 1.29 is 9.18 Å². The lowest BCUT2D eigenvalue weighted by molar-refractivity contribution is 0.0955. The minimum atomic E-state index is -0.480. The topological polar surface area (TPSA) is 78.9 Å². The Balaban J connectivity index is 1.85. The summed E-state index contributed by atoms with van der Waals surface area (Å²) >= 11 is 5.85. The molecule has 0 aliphatic rings. The molecule has 0 atom stereocenters. The van der Waals surface area contributed by atoms with Crippen molar-refractivity contribution in [1.29, 1.82) is 0 Å². The molecule has 0 saturated heterocycles. The molecular formula is C16H19ClFN5O. The zero-order valence-corrected chi connectivity index (χ0v) is 14.2. The van der Waals surface area contributed by atoms with E-state index in [2.05, 4.69) is 25.9 Å². The third-order valence-electron chi connectivity index (χ3n) is 3.08. The molecule has 0 fully saturated rings. The number of halogens is 2. The molecule has 24 heavy (non-hydrogen) atoms. The van der Waals surface area contributed by atoms with Crippen molar-refractivity contribution in [2.45, 2.75) is 13.8 Å². The van der Waals surface area contributed by atoms with E-state index in [-0.39, 0.29) is 16.5 Å². The van der Waals surface area contributed by atoms with E-state index in [0.29, 0.717) is 19.0 Å². The molecular weight excluding hydrogens is 333 g/mol. The van der Waals surface area contributed by atoms with Gasteiger partial charge in [-0.15, -0.1) is 0 Å². The fourth-order valence-corrected chi connectivity index (χ4v) is 2.29. The summed E-state index contributed by atoms with van der Waals surface area (Å²) < 4.78 is 13.0. The molecule has 6 nitrogen and oxygen atoms in total. The number of anilines is 2. The largest absolute Gasteiger partial charge is 0.370 e. The average Bonchev–Trinajstić information content (AvgIpc) is 2.51. The normalized spacial score (nSPS) is 10.3. The molecule has 0 spiro atoms. The predicted molar refractivity (Wildman–Crippen MR) is 93.2 cm³/mol. The summed E-state index contributed by atoms with van der Waals surface area (Å²) in [7, 11) is 0. The molecule has 0 unspecified atom stereocenters. The second kappa shape index (κ2) is 8.44. The summed E-state index contributed by atoms with van der Waals surface area (Å²) in [4.78, 5) is 20.6. The van der Waals surface area contributed by atoms with Crippen LogP contribution >= 0.6 is 11.6 Å². The number of hydrogen-bond acceptors (Lipinski definition) is 5. The molecule has 3 N–H and O–H groups in total. The van der Waals surface area contributed by atoms with Crippen molar-refractivity contribution in [1.82, 2.24) is 15.3 Å². The number of carbonyl (C=O) groups excluding carboxylic acids is 1. The van der Waals surface area contributed by atoms with Gasteiger partial charge in [-0.1, -0.05) is 11.6 Å². The molecule has 128 valence electrons. The summed E-state index contributed by atoms with van der Waals surface area (Å²) in [5.41, 5.74) is 1.07. The number of carbonyl (C=O) groups is 1. The number of rotatable bonds is 7. The summed E-state index contributed by atoms with van der Waals surface area (Å²) in [5, 5.41) is 8.95. The second-order valence-electron chi connectivity index (χ2n) is 5.06. The molecule has 1 aromatic carbocycles. The van der Waals surface area contributed by atoms with Gasteiger partial charge in [0.25, 0.3) is 5.91 Å². The number of hydrogen-bond donors (Lipinski definition) is 3. The monoisotopic (exact) mass is 351 g/mol. The summed E-state index contributed by atoms with van der Waals surface area (Å²) in [5.74, 6) is 0.390. The maximum absolute atomic E-state index is 13.0. The molecule has 2 rings (SSSR count). The molecule has 1 heterocycles. The van der Waals surface area contributed by atoms with Crippen LogP contribution in [0.25, 0.3) is 0 Å². The van der Waals surface area contributed by atoms with Crippen LogP contribution in [0.5, 0.6) is 0 Å². The highest BCUT2D eigenvalue weighted by Crippen LogP contribution is 2.16. The molecule has 2 aromatic rings. The van der Waals surface area contributed by atoms with Gasteiger partial charge < -0.3 is 16.0 Å². The van der Waals surface area contributed by atoms with Crippen LogP contribution < -0.4 is 16.0 Å². The van der Waals surface area contributed by atoms with Gasteiger partial charge >= 0.3 is 0 Å². The number of nitrogens with zero attached hydrogens (tertiary/aromatic N) is 2. The summed E-state index contributed by atoms with van der Waals surface area (Å²) in [6.07, 6.45) is 0. The van der Waals surface area contributed by atoms with Crippen LogP contribution in [-0.4, -0.2) is 35.5 Å². The van der Waals surface area contributed by atoms with Crippen molar-refractivity contribution in [3.63, 3.8) is 0 Å². The van der Waals surface area contributed by atoms with E-state index in [0.717, 1.165) is 24.1 Å². The minimum Gasteiger partial charge on any atom is -0.370 e. The lowest BCUT2D eigenvalue weighted by Crippen LogP contribution is -2.29. The van der Waals surface area contributed by atoms with E-state index in [4.69, 9.17) is 11.6 Å². The van der Waals surface area contributed by atoms with E-state index < -0.39 is 5.82 Å². The number of amides is 1. The highest BCUT2D eigenvalue weighted by Gasteiger charge is 2.10. The number of nitrogens with one attached hydrogen (secondary N) is 3. The van der Waals surface area contributed by atoms with Crippen LogP contribution in [-0.2, 0) is 0 Å². The maximum atomic E-state index is 13.0. The van der Waals surface area contributed by atoms with E-state index in [1.54, 1.807) is 0 Å². The molecule has 0 saturated carbocycles. The number of aromatic nitrogens is 2. The van der Waals surface area contributed by atoms with Crippen molar-refractivity contribution >= 4 is 29.3 Å². The van der Waals surface area contributed by atoms with Crippen LogP contribution in [0.4, 0.5) is 16.2 Å². The zero-order chi connectivity index (χ0) is 17.5. The van der Waals surface area contributed by atoms with Gasteiger partial charge in [0.2, 0.25) is 5.95 Å². The van der Waals surface area contributed by atoms with Crippen LogP contribution in [0.3, 0.4) is 0 Å². The minimum absolute atomic E-state index is 0.0813. The Morgan fingerprint density at radius 3 is 2.71 bits per heavy atom. The van der Waals surface area contributed by atoms with Gasteiger partial charge in [0.05, 0.1) is 10.6 Å². The van der Waals surface area contributed by atoms with Gasteiger partial charge in [-0.25, -0.2) is 9.37 Å². The Morgan fingerprint density at radius 2 is 2.00 bits per heavy atom. The van der Waals surface area contributed by atoms with Crippen LogP contribution in [0.2, 0.25) is 5.02 Å². The average molecular weight is 352 g/mol. The van der Waals surface area contributed by atoms with Gasteiger partial charge in [0.15, 0.2) is 0 Å². The zero-order valence-electron chi connectivity index (χ0n) is 13.5. The third-order valence-corrected chi connectivity index (χ3v) is 3.39. The summed E-state index contributed by atoms with van der Waals surface area (Å²) in [6, 6.07) is 5.51. The highest BCUT2D eigenvalue weighted by atomic mass is 35.5. The van der Waals surface area contributed by atoms with Crippen molar-refractivity contribution in [2.75, 3.05) is 30.3 Å². The van der Waals surface area contributed by atoms with Crippen molar-refractivity contribution in [3.8, 4) is 0 Å². The van der Waals surface area contributed by atoms with E-state index >= 15 is 0 Å². The molecule has 1 amide bonds. The number of benzene rings is 1. The quantitative estimate of drug-likeness (QED) is 0.668. The van der Waals surface area contributed by atoms with E-state index in [9.17, 15) is 9.18 Å². The Labute approximate surface area is 144 Å². The van der Waals surface area contributed by atoms with Crippen molar-refractivity contribution in [3.05, 3.63) is 46.4 Å². The fourth-order valence-electron chi connectivity index (χ4n) is 2.04. The Bertz CT molecular complexity index is 726. The highest BCUT2D eigenvalue weighted by molar-refractivity contribution is 6.33. The second-order valence-corrected chi connectivity index (χ2v) is 5.46. The molecule has 1 aromatic heterocycles. The standard InChI is InChI=1S/C16H19ClFN5O/c1-3-19-14-8-10(2)22-16(23-14)21-7-6-20-15(24)12-5-4-11(18)9-13(12)17/h4-5,8-9H,3,6-7H2,1-2H3,(H,20,24)(H2,19,21,22,23). The Hall–Kier alpha value is -2.41. The van der Waals surface area contributed by atoms with Gasteiger partial charge in [-0.05, 0) is 32.0 Å². The Morgan fingerprint density at radius 1 is 1.21 bits per heavy atom. The molecule has 0 radical (unpaired) electrons. The molecule has 0 bridgehead atoms. The first-order valence-corrected chi connectivity index (χ1v) is 7.94. The first-order valence-electron chi connectivity index (χ1n) is 7.56. The van der Waals surface area contributed by atoms with Gasteiger partial charge in [0, 0.05) is 31.4 Å². The van der Waals surface area contributed by atoms with Crippen LogP contribution in [0.15, 0.2) is 24.3 Å². The molecule has 0 aliphatic carbocycles. The first-order chi connectivity index (χ1) is 11.5.